The van der Waals surface area contributed by atoms with Crippen LogP contribution in [0.5, 0.6) is 5.75 Å². The normalized spacial score (nSPS) is 24.5. The van der Waals surface area contributed by atoms with E-state index in [2.05, 4.69) is 28.9 Å². The number of alkyl halides is 2. The molecule has 1 fully saturated rings. The van der Waals surface area contributed by atoms with Crippen LogP contribution in [0, 0.1) is 0 Å². The topological polar surface area (TPSA) is 24.5 Å². The van der Waals surface area contributed by atoms with Crippen molar-refractivity contribution < 1.29 is 13.5 Å². The summed E-state index contributed by atoms with van der Waals surface area (Å²) in [7, 11) is 2.12. The Bertz CT molecular complexity index is 414. The second-order valence-electron chi connectivity index (χ2n) is 5.10. The highest BCUT2D eigenvalue weighted by molar-refractivity contribution is 5.49. The van der Waals surface area contributed by atoms with Gasteiger partial charge in [-0.3, -0.25) is 0 Å². The predicted octanol–water partition coefficient (Wildman–Crippen LogP) is 3.18. The zero-order valence-corrected chi connectivity index (χ0v) is 11.3. The number of nitrogens with one attached hydrogen (secondary N) is 1. The third-order valence-electron chi connectivity index (χ3n) is 3.64. The maximum absolute atomic E-state index is 12.2. The lowest BCUT2D eigenvalue weighted by Crippen LogP contribution is -2.42. The third-order valence-corrected chi connectivity index (χ3v) is 3.64. The maximum Gasteiger partial charge on any atom is 0.387 e. The smallest absolute Gasteiger partial charge is 0.387 e. The molecule has 106 valence electrons. The second-order valence-corrected chi connectivity index (χ2v) is 5.10. The number of likely N-dealkylation sites (tertiary alicyclic amines) is 1. The number of hydrogen-bond donors (Lipinski definition) is 1. The molecule has 0 bridgehead atoms. The summed E-state index contributed by atoms with van der Waals surface area (Å²) in [6.07, 6.45) is 2.11. The van der Waals surface area contributed by atoms with Gasteiger partial charge in [-0.1, -0.05) is 6.07 Å². The van der Waals surface area contributed by atoms with Gasteiger partial charge in [-0.05, 0) is 38.9 Å². The van der Waals surface area contributed by atoms with E-state index >= 15 is 0 Å². The molecule has 1 N–H and O–H groups in total. The van der Waals surface area contributed by atoms with Gasteiger partial charge in [0.15, 0.2) is 0 Å². The average molecular weight is 270 g/mol. The molecule has 1 aliphatic rings. The molecule has 0 aliphatic carbocycles. The molecule has 0 aromatic heterocycles. The van der Waals surface area contributed by atoms with E-state index in [-0.39, 0.29) is 5.75 Å². The van der Waals surface area contributed by atoms with Crippen molar-refractivity contribution in [1.29, 1.82) is 0 Å². The molecule has 1 saturated heterocycles. The van der Waals surface area contributed by atoms with Gasteiger partial charge in [-0.25, -0.2) is 0 Å². The molecular formula is C14H20F2N2O. The predicted molar refractivity (Wildman–Crippen MR) is 71.8 cm³/mol. The van der Waals surface area contributed by atoms with E-state index < -0.39 is 6.61 Å². The van der Waals surface area contributed by atoms with Crippen LogP contribution < -0.4 is 10.1 Å². The van der Waals surface area contributed by atoms with Crippen LogP contribution in [0.3, 0.4) is 0 Å². The van der Waals surface area contributed by atoms with Gasteiger partial charge < -0.3 is 15.0 Å². The van der Waals surface area contributed by atoms with Gasteiger partial charge in [0.05, 0.1) is 0 Å². The molecule has 0 radical (unpaired) electrons. The fourth-order valence-corrected chi connectivity index (χ4v) is 2.42. The van der Waals surface area contributed by atoms with Crippen molar-refractivity contribution in [2.75, 3.05) is 18.9 Å². The first-order valence-corrected chi connectivity index (χ1v) is 6.56. The molecule has 5 heteroatoms. The van der Waals surface area contributed by atoms with Crippen molar-refractivity contribution >= 4 is 5.69 Å². The van der Waals surface area contributed by atoms with E-state index in [4.69, 9.17) is 0 Å². The minimum absolute atomic E-state index is 0.195. The molecule has 1 aromatic carbocycles. The number of rotatable bonds is 4. The Morgan fingerprint density at radius 2 is 2.21 bits per heavy atom. The van der Waals surface area contributed by atoms with Gasteiger partial charge in [0.2, 0.25) is 0 Å². The summed E-state index contributed by atoms with van der Waals surface area (Å²) in [5.41, 5.74) is 0.833. The fourth-order valence-electron chi connectivity index (χ4n) is 2.42. The third kappa shape index (κ3) is 4.06. The Morgan fingerprint density at radius 1 is 1.42 bits per heavy atom. The Balaban J connectivity index is 1.95. The van der Waals surface area contributed by atoms with Crippen LogP contribution in [-0.4, -0.2) is 37.2 Å². The summed E-state index contributed by atoms with van der Waals surface area (Å²) in [6, 6.07) is 7.67. The summed E-state index contributed by atoms with van der Waals surface area (Å²) >= 11 is 0. The highest BCUT2D eigenvalue weighted by Crippen LogP contribution is 2.23. The quantitative estimate of drug-likeness (QED) is 0.909. The van der Waals surface area contributed by atoms with E-state index in [0.29, 0.717) is 12.1 Å². The van der Waals surface area contributed by atoms with Crippen LogP contribution in [0.4, 0.5) is 14.5 Å². The number of halogens is 2. The van der Waals surface area contributed by atoms with E-state index in [1.54, 1.807) is 12.1 Å². The zero-order chi connectivity index (χ0) is 13.8. The van der Waals surface area contributed by atoms with Crippen molar-refractivity contribution in [1.82, 2.24) is 4.90 Å². The summed E-state index contributed by atoms with van der Waals surface area (Å²) in [5, 5.41) is 3.39. The van der Waals surface area contributed by atoms with Gasteiger partial charge in [0.25, 0.3) is 0 Å². The van der Waals surface area contributed by atoms with Crippen LogP contribution in [0.15, 0.2) is 24.3 Å². The van der Waals surface area contributed by atoms with E-state index in [1.807, 2.05) is 6.07 Å². The summed E-state index contributed by atoms with van der Waals surface area (Å²) in [6.45, 7) is 0.467. The van der Waals surface area contributed by atoms with Gasteiger partial charge in [-0.2, -0.15) is 8.78 Å². The van der Waals surface area contributed by atoms with Gasteiger partial charge in [-0.15, -0.1) is 0 Å². The van der Waals surface area contributed by atoms with Crippen molar-refractivity contribution in [3.05, 3.63) is 24.3 Å². The SMILES string of the molecule is CC1CC(Nc2cccc(OC(F)F)c2)CCN1C. The highest BCUT2D eigenvalue weighted by atomic mass is 19.3. The molecule has 0 spiro atoms. The number of hydrogen-bond acceptors (Lipinski definition) is 3. The largest absolute Gasteiger partial charge is 0.435 e. The van der Waals surface area contributed by atoms with Crippen LogP contribution in [0.25, 0.3) is 0 Å². The first-order chi connectivity index (χ1) is 9.04. The van der Waals surface area contributed by atoms with E-state index in [9.17, 15) is 8.78 Å². The number of benzene rings is 1. The zero-order valence-electron chi connectivity index (χ0n) is 11.3. The van der Waals surface area contributed by atoms with Gasteiger partial charge in [0, 0.05) is 30.4 Å². The average Bonchev–Trinajstić information content (AvgIpc) is 2.33. The lowest BCUT2D eigenvalue weighted by molar-refractivity contribution is -0.0498. The molecule has 0 amide bonds. The van der Waals surface area contributed by atoms with Crippen LogP contribution in [0.1, 0.15) is 19.8 Å². The fraction of sp³-hybridized carbons (Fsp3) is 0.571. The Labute approximate surface area is 112 Å². The first kappa shape index (κ1) is 14.1. The molecule has 1 aliphatic heterocycles. The molecule has 1 heterocycles. The molecule has 1 aromatic rings. The number of anilines is 1. The molecule has 19 heavy (non-hydrogen) atoms. The number of nitrogens with zero attached hydrogens (tertiary/aromatic N) is 1. The minimum Gasteiger partial charge on any atom is -0.435 e. The Hall–Kier alpha value is -1.36. The van der Waals surface area contributed by atoms with Crippen molar-refractivity contribution in [2.45, 2.75) is 38.5 Å². The van der Waals surface area contributed by atoms with E-state index in [1.165, 1.54) is 6.07 Å². The Morgan fingerprint density at radius 3 is 2.89 bits per heavy atom. The second kappa shape index (κ2) is 6.19. The van der Waals surface area contributed by atoms with Crippen LogP contribution >= 0.6 is 0 Å². The minimum atomic E-state index is -2.78. The molecule has 0 saturated carbocycles. The summed E-state index contributed by atoms with van der Waals surface area (Å²) in [4.78, 5) is 2.33. The monoisotopic (exact) mass is 270 g/mol. The van der Waals surface area contributed by atoms with Crippen LogP contribution in [-0.2, 0) is 0 Å². The van der Waals surface area contributed by atoms with Gasteiger partial charge in [0.1, 0.15) is 5.75 Å². The molecular weight excluding hydrogens is 250 g/mol. The maximum atomic E-state index is 12.2. The van der Waals surface area contributed by atoms with Crippen molar-refractivity contribution in [3.63, 3.8) is 0 Å². The molecule has 2 rings (SSSR count). The molecule has 2 atom stereocenters. The highest BCUT2D eigenvalue weighted by Gasteiger charge is 2.22. The Kier molecular flexibility index (Phi) is 4.58. The number of ether oxygens (including phenoxy) is 1. The number of piperidine rings is 1. The lowest BCUT2D eigenvalue weighted by Gasteiger charge is -2.35. The lowest BCUT2D eigenvalue weighted by atomic mass is 9.98. The summed E-state index contributed by atoms with van der Waals surface area (Å²) < 4.78 is 28.7. The van der Waals surface area contributed by atoms with Gasteiger partial charge >= 0.3 is 6.61 Å². The standard InChI is InChI=1S/C14H20F2N2O/c1-10-8-12(6-7-18(10)2)17-11-4-3-5-13(9-11)19-14(15)16/h3-5,9-10,12,14,17H,6-8H2,1-2H3. The molecule has 2 unspecified atom stereocenters. The molecule has 3 nitrogen and oxygen atoms in total. The summed E-state index contributed by atoms with van der Waals surface area (Å²) in [5.74, 6) is 0.195. The van der Waals surface area contributed by atoms with Crippen molar-refractivity contribution in [2.24, 2.45) is 0 Å². The van der Waals surface area contributed by atoms with Crippen molar-refractivity contribution in [3.8, 4) is 5.75 Å². The van der Waals surface area contributed by atoms with E-state index in [0.717, 1.165) is 25.1 Å². The van der Waals surface area contributed by atoms with Crippen LogP contribution in [0.2, 0.25) is 0 Å². The first-order valence-electron chi connectivity index (χ1n) is 6.56.